The minimum Gasteiger partial charge on any atom is -0.459 e. The first-order valence-corrected chi connectivity index (χ1v) is 8.02. The van der Waals surface area contributed by atoms with Crippen molar-refractivity contribution in [2.24, 2.45) is 4.99 Å². The van der Waals surface area contributed by atoms with Gasteiger partial charge < -0.3 is 19.2 Å². The molecule has 0 spiro atoms. The van der Waals surface area contributed by atoms with Crippen LogP contribution >= 0.6 is 0 Å². The number of nitrogens with zero attached hydrogens (tertiary/aromatic N) is 1. The van der Waals surface area contributed by atoms with E-state index >= 15 is 0 Å². The van der Waals surface area contributed by atoms with Crippen molar-refractivity contribution in [2.75, 3.05) is 19.2 Å². The minimum atomic E-state index is -0.638. The van der Waals surface area contributed by atoms with Gasteiger partial charge in [-0.05, 0) is 29.8 Å². The van der Waals surface area contributed by atoms with E-state index in [0.29, 0.717) is 18.1 Å². The number of ether oxygens (including phenoxy) is 2. The molecule has 134 valence electrons. The Labute approximate surface area is 148 Å². The molecule has 5 nitrogen and oxygen atoms in total. The molecule has 0 fully saturated rings. The topological polar surface area (TPSA) is 56.0 Å². The number of aliphatic imine (C=N–C) groups is 1. The maximum atomic E-state index is 13.8. The Balaban J connectivity index is 1.59. The number of rotatable bonds is 5. The van der Waals surface area contributed by atoms with Crippen molar-refractivity contribution in [3.63, 3.8) is 0 Å². The molecule has 7 heteroatoms. The number of fused-ring (bicyclic) bond motifs is 2. The number of nitrogens with one attached hydrogen (secondary N) is 1. The fraction of sp³-hybridized carbons (Fsp3) is 0.211. The van der Waals surface area contributed by atoms with Crippen LogP contribution in [0.25, 0.3) is 11.0 Å². The maximum Gasteiger partial charge on any atom is 0.146 e. The molecular formula is C19H16F2N2O3. The Morgan fingerprint density at radius 2 is 2.08 bits per heavy atom. The van der Waals surface area contributed by atoms with E-state index in [4.69, 9.17) is 13.9 Å². The zero-order valence-electron chi connectivity index (χ0n) is 14.0. The third-order valence-electron chi connectivity index (χ3n) is 4.09. The van der Waals surface area contributed by atoms with Crippen molar-refractivity contribution in [1.29, 1.82) is 0 Å². The molecule has 0 bridgehead atoms. The molecular weight excluding hydrogens is 342 g/mol. The third kappa shape index (κ3) is 3.18. The van der Waals surface area contributed by atoms with E-state index in [0.717, 1.165) is 22.6 Å². The van der Waals surface area contributed by atoms with E-state index in [1.807, 2.05) is 24.3 Å². The van der Waals surface area contributed by atoms with Crippen LogP contribution < -0.4 is 5.32 Å². The summed E-state index contributed by atoms with van der Waals surface area (Å²) in [5, 5.41) is 3.95. The van der Waals surface area contributed by atoms with Gasteiger partial charge in [-0.3, -0.25) is 4.99 Å². The fourth-order valence-electron chi connectivity index (χ4n) is 2.92. The van der Waals surface area contributed by atoms with Crippen molar-refractivity contribution < 1.29 is 22.7 Å². The van der Waals surface area contributed by atoms with Crippen LogP contribution in [0.4, 0.5) is 14.5 Å². The lowest BCUT2D eigenvalue weighted by Crippen LogP contribution is -2.15. The van der Waals surface area contributed by atoms with Gasteiger partial charge in [0.2, 0.25) is 0 Å². The van der Waals surface area contributed by atoms with Crippen LogP contribution in [0.3, 0.4) is 0 Å². The summed E-state index contributed by atoms with van der Waals surface area (Å²) in [4.78, 5) is 4.34. The highest BCUT2D eigenvalue weighted by molar-refractivity contribution is 5.90. The fourth-order valence-corrected chi connectivity index (χ4v) is 2.92. The number of hydrogen-bond donors (Lipinski definition) is 1. The summed E-state index contributed by atoms with van der Waals surface area (Å²) in [5.41, 5.74) is 2.21. The molecule has 0 radical (unpaired) electrons. The molecule has 0 saturated heterocycles. The van der Waals surface area contributed by atoms with Gasteiger partial charge in [-0.2, -0.15) is 0 Å². The molecule has 26 heavy (non-hydrogen) atoms. The van der Waals surface area contributed by atoms with Gasteiger partial charge in [-0.15, -0.1) is 0 Å². The molecule has 1 aromatic heterocycles. The second-order valence-electron chi connectivity index (χ2n) is 5.94. The van der Waals surface area contributed by atoms with Crippen molar-refractivity contribution >= 4 is 22.9 Å². The highest BCUT2D eigenvalue weighted by atomic mass is 19.1. The average molecular weight is 358 g/mol. The molecule has 1 unspecified atom stereocenters. The number of furan rings is 1. The summed E-state index contributed by atoms with van der Waals surface area (Å²) >= 11 is 0. The number of halogens is 2. The van der Waals surface area contributed by atoms with E-state index in [2.05, 4.69) is 10.3 Å². The van der Waals surface area contributed by atoms with E-state index < -0.39 is 17.8 Å². The van der Waals surface area contributed by atoms with E-state index in [1.54, 1.807) is 7.11 Å². The smallest absolute Gasteiger partial charge is 0.146 e. The van der Waals surface area contributed by atoms with Crippen molar-refractivity contribution in [2.45, 2.75) is 12.8 Å². The highest BCUT2D eigenvalue weighted by Gasteiger charge is 2.20. The van der Waals surface area contributed by atoms with Crippen molar-refractivity contribution in [3.05, 3.63) is 64.9 Å². The number of anilines is 1. The summed E-state index contributed by atoms with van der Waals surface area (Å²) in [7, 11) is 1.55. The summed E-state index contributed by atoms with van der Waals surface area (Å²) in [6, 6.07) is 9.61. The molecule has 1 atom stereocenters. The SMILES string of the molecule is COCOCc1cc2cc(C3N=Cc4c(F)cc(F)cc4N3)ccc2o1. The van der Waals surface area contributed by atoms with Crippen LogP contribution in [0.2, 0.25) is 0 Å². The standard InChI is InChI=1S/C19H16F2N2O3/c1-24-10-25-9-14-5-12-4-11(2-3-18(12)26-14)19-22-8-15-16(21)6-13(20)7-17(15)23-19/h2-8,19,23H,9-10H2,1H3. The first kappa shape index (κ1) is 16.7. The van der Waals surface area contributed by atoms with E-state index in [-0.39, 0.29) is 12.4 Å². The average Bonchev–Trinajstić information content (AvgIpc) is 3.03. The minimum absolute atomic E-state index is 0.190. The van der Waals surface area contributed by atoms with Gasteiger partial charge in [0.05, 0.1) is 11.3 Å². The summed E-state index contributed by atoms with van der Waals surface area (Å²) in [6.45, 7) is 0.499. The van der Waals surface area contributed by atoms with Crippen LogP contribution in [-0.4, -0.2) is 20.1 Å². The summed E-state index contributed by atoms with van der Waals surface area (Å²) in [5.74, 6) is -0.585. The van der Waals surface area contributed by atoms with Crippen LogP contribution in [0, 0.1) is 11.6 Å². The van der Waals surface area contributed by atoms with Gasteiger partial charge >= 0.3 is 0 Å². The van der Waals surface area contributed by atoms with Gasteiger partial charge in [0.1, 0.15) is 42.5 Å². The molecule has 1 aliphatic heterocycles. The zero-order chi connectivity index (χ0) is 18.1. The van der Waals surface area contributed by atoms with E-state index in [9.17, 15) is 8.78 Å². The lowest BCUT2D eigenvalue weighted by molar-refractivity contribution is -0.0437. The van der Waals surface area contributed by atoms with Gasteiger partial charge in [0.15, 0.2) is 0 Å². The molecule has 0 aliphatic carbocycles. The Morgan fingerprint density at radius 3 is 2.92 bits per heavy atom. The third-order valence-corrected chi connectivity index (χ3v) is 4.09. The molecule has 0 saturated carbocycles. The molecule has 2 heterocycles. The molecule has 1 aliphatic rings. The number of methoxy groups -OCH3 is 1. The largest absolute Gasteiger partial charge is 0.459 e. The normalized spacial score (nSPS) is 15.9. The molecule has 4 rings (SSSR count). The maximum absolute atomic E-state index is 13.8. The highest BCUT2D eigenvalue weighted by Crippen LogP contribution is 2.31. The second-order valence-corrected chi connectivity index (χ2v) is 5.94. The van der Waals surface area contributed by atoms with Crippen LogP contribution in [0.15, 0.2) is 45.8 Å². The van der Waals surface area contributed by atoms with Crippen LogP contribution in [0.1, 0.15) is 23.1 Å². The van der Waals surface area contributed by atoms with Gasteiger partial charge in [0.25, 0.3) is 0 Å². The first-order chi connectivity index (χ1) is 12.6. The van der Waals surface area contributed by atoms with Crippen LogP contribution in [-0.2, 0) is 16.1 Å². The lowest BCUT2D eigenvalue weighted by Gasteiger charge is -2.22. The Bertz CT molecular complexity index is 984. The predicted molar refractivity (Wildman–Crippen MR) is 93.2 cm³/mol. The molecule has 0 amide bonds. The quantitative estimate of drug-likeness (QED) is 0.543. The van der Waals surface area contributed by atoms with Crippen molar-refractivity contribution in [1.82, 2.24) is 0 Å². The predicted octanol–water partition coefficient (Wildman–Crippen LogP) is 4.37. The summed E-state index contributed by atoms with van der Waals surface area (Å²) in [6.07, 6.45) is 0.991. The van der Waals surface area contributed by atoms with Crippen LogP contribution in [0.5, 0.6) is 0 Å². The first-order valence-electron chi connectivity index (χ1n) is 8.02. The molecule has 2 aromatic carbocycles. The Hall–Kier alpha value is -2.77. The summed E-state index contributed by atoms with van der Waals surface area (Å²) < 4.78 is 43.1. The number of benzene rings is 2. The number of hydrogen-bond acceptors (Lipinski definition) is 5. The van der Waals surface area contributed by atoms with Crippen molar-refractivity contribution in [3.8, 4) is 0 Å². The Morgan fingerprint density at radius 1 is 1.19 bits per heavy atom. The van der Waals surface area contributed by atoms with Gasteiger partial charge in [-0.1, -0.05) is 6.07 Å². The van der Waals surface area contributed by atoms with Gasteiger partial charge in [0, 0.05) is 24.8 Å². The lowest BCUT2D eigenvalue weighted by atomic mass is 10.1. The molecule has 3 aromatic rings. The van der Waals surface area contributed by atoms with E-state index in [1.165, 1.54) is 12.3 Å². The Kier molecular flexibility index (Phi) is 4.40. The second kappa shape index (κ2) is 6.86. The monoisotopic (exact) mass is 358 g/mol. The van der Waals surface area contributed by atoms with Gasteiger partial charge in [-0.25, -0.2) is 8.78 Å². The zero-order valence-corrected chi connectivity index (χ0v) is 14.0. The molecule has 1 N–H and O–H groups in total.